The molecule has 0 unspecified atom stereocenters. The molecule has 0 atom stereocenters. The maximum Gasteiger partial charge on any atom is 0.339 e. The molecule has 1 fully saturated rings. The predicted octanol–water partition coefficient (Wildman–Crippen LogP) is 1.83. The van der Waals surface area contributed by atoms with Crippen LogP contribution in [0, 0.1) is 6.92 Å². The van der Waals surface area contributed by atoms with E-state index in [-0.39, 0.29) is 11.5 Å². The molecule has 1 aromatic heterocycles. The van der Waals surface area contributed by atoms with Gasteiger partial charge in [0.2, 0.25) is 5.88 Å². The fourth-order valence-electron chi connectivity index (χ4n) is 2.39. The van der Waals surface area contributed by atoms with Crippen molar-refractivity contribution in [2.24, 2.45) is 5.73 Å². The van der Waals surface area contributed by atoms with Crippen LogP contribution < -0.4 is 10.5 Å². The van der Waals surface area contributed by atoms with Crippen molar-refractivity contribution in [1.29, 1.82) is 0 Å². The van der Waals surface area contributed by atoms with E-state index in [1.807, 2.05) is 0 Å². The average Bonchev–Trinajstić information content (AvgIpc) is 2.83. The molecule has 0 aliphatic heterocycles. The van der Waals surface area contributed by atoms with Crippen molar-refractivity contribution in [2.75, 3.05) is 13.7 Å². The van der Waals surface area contributed by atoms with Crippen molar-refractivity contribution in [1.82, 2.24) is 4.98 Å². The minimum Gasteiger partial charge on any atom is -0.476 e. The van der Waals surface area contributed by atoms with Gasteiger partial charge in [0.05, 0.1) is 23.9 Å². The van der Waals surface area contributed by atoms with Crippen molar-refractivity contribution < 1.29 is 14.3 Å². The second-order valence-electron chi connectivity index (χ2n) is 5.13. The molecule has 2 N–H and O–H groups in total. The summed E-state index contributed by atoms with van der Waals surface area (Å²) in [5.41, 5.74) is 7.05. The largest absolute Gasteiger partial charge is 0.476 e. The Balaban J connectivity index is 2.02. The molecule has 1 aliphatic rings. The van der Waals surface area contributed by atoms with Gasteiger partial charge in [0.1, 0.15) is 6.61 Å². The number of ether oxygens (including phenoxy) is 2. The molecule has 5 heteroatoms. The second kappa shape index (κ2) is 5.57. The van der Waals surface area contributed by atoms with Crippen LogP contribution >= 0.6 is 0 Å². The molecule has 0 bridgehead atoms. The lowest BCUT2D eigenvalue weighted by Gasteiger charge is -2.23. The summed E-state index contributed by atoms with van der Waals surface area (Å²) in [7, 11) is 1.35. The van der Waals surface area contributed by atoms with E-state index in [4.69, 9.17) is 10.5 Å². The normalized spacial score (nSPS) is 17.2. The van der Waals surface area contributed by atoms with Crippen LogP contribution in [0.15, 0.2) is 12.1 Å². The summed E-state index contributed by atoms with van der Waals surface area (Å²) < 4.78 is 10.3. The Morgan fingerprint density at radius 1 is 1.42 bits per heavy atom. The number of nitrogens with two attached hydrogens (primary N) is 1. The third-order valence-electron chi connectivity index (χ3n) is 3.57. The van der Waals surface area contributed by atoms with Gasteiger partial charge in [-0.05, 0) is 25.8 Å². The van der Waals surface area contributed by atoms with Gasteiger partial charge in [0, 0.05) is 6.07 Å². The van der Waals surface area contributed by atoms with E-state index < -0.39 is 0 Å². The fraction of sp³-hybridized carbons (Fsp3) is 0.571. The number of pyridine rings is 1. The quantitative estimate of drug-likeness (QED) is 0.840. The molecule has 19 heavy (non-hydrogen) atoms. The molecule has 5 nitrogen and oxygen atoms in total. The van der Waals surface area contributed by atoms with Crippen molar-refractivity contribution in [3.8, 4) is 5.88 Å². The Morgan fingerprint density at radius 2 is 2.11 bits per heavy atom. The molecule has 0 radical (unpaired) electrons. The molecule has 0 spiro atoms. The third-order valence-corrected chi connectivity index (χ3v) is 3.57. The first-order valence-electron chi connectivity index (χ1n) is 6.52. The van der Waals surface area contributed by atoms with Crippen LogP contribution in [0.3, 0.4) is 0 Å². The van der Waals surface area contributed by atoms with Crippen LogP contribution in [0.1, 0.15) is 41.7 Å². The van der Waals surface area contributed by atoms with Gasteiger partial charge in [-0.2, -0.15) is 0 Å². The van der Waals surface area contributed by atoms with Crippen LogP contribution in [0.25, 0.3) is 0 Å². The molecule has 0 amide bonds. The molecule has 104 valence electrons. The van der Waals surface area contributed by atoms with Crippen LogP contribution in [0.2, 0.25) is 0 Å². The van der Waals surface area contributed by atoms with Gasteiger partial charge in [-0.3, -0.25) is 0 Å². The molecule has 1 heterocycles. The Morgan fingerprint density at radius 3 is 2.68 bits per heavy atom. The highest BCUT2D eigenvalue weighted by atomic mass is 16.5. The van der Waals surface area contributed by atoms with E-state index in [1.165, 1.54) is 7.11 Å². The van der Waals surface area contributed by atoms with Crippen LogP contribution in [-0.2, 0) is 4.74 Å². The number of esters is 1. The lowest BCUT2D eigenvalue weighted by molar-refractivity contribution is 0.0599. The number of rotatable bonds is 4. The molecular formula is C14H20N2O3. The first-order chi connectivity index (χ1) is 9.04. The molecule has 1 saturated carbocycles. The van der Waals surface area contributed by atoms with E-state index in [9.17, 15) is 4.79 Å². The first kappa shape index (κ1) is 13.8. The zero-order chi connectivity index (χ0) is 13.9. The second-order valence-corrected chi connectivity index (χ2v) is 5.13. The van der Waals surface area contributed by atoms with E-state index in [1.54, 1.807) is 19.1 Å². The number of aromatic nitrogens is 1. The van der Waals surface area contributed by atoms with Crippen molar-refractivity contribution >= 4 is 5.97 Å². The standard InChI is InChI=1S/C14H20N2O3/c1-10-11(13(17)18-2)5-6-12(16-10)19-9-14(15)7-3-4-8-14/h5-6H,3-4,7-9,15H2,1-2H3. The van der Waals surface area contributed by atoms with Crippen LogP contribution in [0.5, 0.6) is 5.88 Å². The van der Waals surface area contributed by atoms with Gasteiger partial charge in [-0.1, -0.05) is 12.8 Å². The van der Waals surface area contributed by atoms with Gasteiger partial charge in [0.25, 0.3) is 0 Å². The maximum atomic E-state index is 11.4. The topological polar surface area (TPSA) is 74.4 Å². The highest BCUT2D eigenvalue weighted by molar-refractivity contribution is 5.90. The lowest BCUT2D eigenvalue weighted by atomic mass is 10.0. The Hall–Kier alpha value is -1.62. The molecule has 0 saturated heterocycles. The summed E-state index contributed by atoms with van der Waals surface area (Å²) in [5.74, 6) is 0.115. The average molecular weight is 264 g/mol. The molecule has 1 aromatic rings. The van der Waals surface area contributed by atoms with Crippen molar-refractivity contribution in [2.45, 2.75) is 38.1 Å². The number of hydrogen-bond donors (Lipinski definition) is 1. The lowest BCUT2D eigenvalue weighted by Crippen LogP contribution is -2.42. The number of carbonyl (C=O) groups is 1. The van der Waals surface area contributed by atoms with Crippen LogP contribution in [0.4, 0.5) is 0 Å². The Bertz CT molecular complexity index is 468. The first-order valence-corrected chi connectivity index (χ1v) is 6.52. The van der Waals surface area contributed by atoms with Crippen molar-refractivity contribution in [3.63, 3.8) is 0 Å². The molecular weight excluding hydrogens is 244 g/mol. The van der Waals surface area contributed by atoms with Gasteiger partial charge >= 0.3 is 5.97 Å². The SMILES string of the molecule is COC(=O)c1ccc(OCC2(N)CCCC2)nc1C. The summed E-state index contributed by atoms with van der Waals surface area (Å²) in [4.78, 5) is 15.7. The zero-order valence-corrected chi connectivity index (χ0v) is 11.4. The Labute approximate surface area is 113 Å². The summed E-state index contributed by atoms with van der Waals surface area (Å²) in [6.07, 6.45) is 4.31. The van der Waals surface area contributed by atoms with Gasteiger partial charge in [0.15, 0.2) is 0 Å². The zero-order valence-electron chi connectivity index (χ0n) is 11.4. The van der Waals surface area contributed by atoms with E-state index in [0.717, 1.165) is 25.7 Å². The smallest absolute Gasteiger partial charge is 0.339 e. The number of hydrogen-bond acceptors (Lipinski definition) is 5. The predicted molar refractivity (Wildman–Crippen MR) is 71.2 cm³/mol. The van der Waals surface area contributed by atoms with Gasteiger partial charge < -0.3 is 15.2 Å². The van der Waals surface area contributed by atoms with Crippen molar-refractivity contribution in [3.05, 3.63) is 23.4 Å². The van der Waals surface area contributed by atoms with E-state index in [2.05, 4.69) is 9.72 Å². The summed E-state index contributed by atoms with van der Waals surface area (Å²) in [5, 5.41) is 0. The van der Waals surface area contributed by atoms with Gasteiger partial charge in [-0.15, -0.1) is 0 Å². The minimum atomic E-state index is -0.386. The Kier molecular flexibility index (Phi) is 4.04. The van der Waals surface area contributed by atoms with Crippen LogP contribution in [-0.4, -0.2) is 30.2 Å². The number of carbonyl (C=O) groups excluding carboxylic acids is 1. The minimum absolute atomic E-state index is 0.226. The molecule has 1 aliphatic carbocycles. The molecule has 0 aromatic carbocycles. The highest BCUT2D eigenvalue weighted by Gasteiger charge is 2.30. The maximum absolute atomic E-state index is 11.4. The summed E-state index contributed by atoms with van der Waals surface area (Å²) in [6, 6.07) is 3.35. The fourth-order valence-corrected chi connectivity index (χ4v) is 2.39. The monoisotopic (exact) mass is 264 g/mol. The van der Waals surface area contributed by atoms with Gasteiger partial charge in [-0.25, -0.2) is 9.78 Å². The number of aryl methyl sites for hydroxylation is 1. The summed E-state index contributed by atoms with van der Waals surface area (Å²) in [6.45, 7) is 2.23. The summed E-state index contributed by atoms with van der Waals surface area (Å²) >= 11 is 0. The number of methoxy groups -OCH3 is 1. The highest BCUT2D eigenvalue weighted by Crippen LogP contribution is 2.27. The third kappa shape index (κ3) is 3.23. The number of nitrogens with zero attached hydrogens (tertiary/aromatic N) is 1. The van der Waals surface area contributed by atoms with E-state index in [0.29, 0.717) is 23.7 Å². The van der Waals surface area contributed by atoms with E-state index >= 15 is 0 Å². The molecule has 2 rings (SSSR count).